The summed E-state index contributed by atoms with van der Waals surface area (Å²) < 4.78 is 0. The molecule has 1 aliphatic rings. The molecular formula is C11H14N2O3S2. The molecule has 1 saturated heterocycles. The minimum atomic E-state index is -0.950. The van der Waals surface area contributed by atoms with Crippen LogP contribution in [-0.4, -0.2) is 44.0 Å². The molecular weight excluding hydrogens is 272 g/mol. The van der Waals surface area contributed by atoms with E-state index in [1.807, 2.05) is 13.8 Å². The molecule has 0 saturated carbocycles. The zero-order valence-electron chi connectivity index (χ0n) is 10.1. The molecule has 7 heteroatoms. The Balaban J connectivity index is 2.29. The Morgan fingerprint density at radius 1 is 1.56 bits per heavy atom. The summed E-state index contributed by atoms with van der Waals surface area (Å²) in [6.45, 7) is 3.98. The van der Waals surface area contributed by atoms with Gasteiger partial charge in [0.2, 0.25) is 0 Å². The average Bonchev–Trinajstić information content (AvgIpc) is 2.97. The number of rotatable bonds is 3. The molecule has 1 aliphatic heterocycles. The van der Waals surface area contributed by atoms with Crippen LogP contribution in [0.2, 0.25) is 0 Å². The Hall–Kier alpha value is -1.08. The van der Waals surface area contributed by atoms with Crippen LogP contribution in [0.4, 0.5) is 0 Å². The molecule has 5 nitrogen and oxygen atoms in total. The Labute approximate surface area is 113 Å². The molecule has 1 aromatic heterocycles. The molecule has 2 atom stereocenters. The van der Waals surface area contributed by atoms with E-state index in [-0.39, 0.29) is 17.2 Å². The van der Waals surface area contributed by atoms with Crippen molar-refractivity contribution < 1.29 is 14.7 Å². The van der Waals surface area contributed by atoms with E-state index >= 15 is 0 Å². The van der Waals surface area contributed by atoms with E-state index in [4.69, 9.17) is 0 Å². The van der Waals surface area contributed by atoms with Gasteiger partial charge in [0.05, 0.1) is 10.9 Å². The summed E-state index contributed by atoms with van der Waals surface area (Å²) in [5, 5.41) is 10.8. The molecule has 2 rings (SSSR count). The SMILES string of the molecule is CC(C)C1SCC(C(=O)O)N1C(=O)c1cscn1. The molecule has 0 radical (unpaired) electrons. The lowest BCUT2D eigenvalue weighted by molar-refractivity contribution is -0.141. The van der Waals surface area contributed by atoms with Gasteiger partial charge >= 0.3 is 5.97 Å². The van der Waals surface area contributed by atoms with Crippen LogP contribution in [0.1, 0.15) is 24.3 Å². The molecule has 0 bridgehead atoms. The fourth-order valence-electron chi connectivity index (χ4n) is 1.94. The Morgan fingerprint density at radius 3 is 2.78 bits per heavy atom. The van der Waals surface area contributed by atoms with E-state index in [0.717, 1.165) is 0 Å². The number of thiazole rings is 1. The summed E-state index contributed by atoms with van der Waals surface area (Å²) in [7, 11) is 0. The lowest BCUT2D eigenvalue weighted by atomic mass is 10.1. The van der Waals surface area contributed by atoms with Gasteiger partial charge in [-0.15, -0.1) is 23.1 Å². The summed E-state index contributed by atoms with van der Waals surface area (Å²) in [5.74, 6) is -0.586. The van der Waals surface area contributed by atoms with E-state index in [1.165, 1.54) is 28.0 Å². The van der Waals surface area contributed by atoms with Crippen molar-refractivity contribution in [2.75, 3.05) is 5.75 Å². The highest BCUT2D eigenvalue weighted by Gasteiger charge is 2.43. The van der Waals surface area contributed by atoms with Crippen molar-refractivity contribution in [3.63, 3.8) is 0 Å². The number of amides is 1. The second kappa shape index (κ2) is 5.27. The van der Waals surface area contributed by atoms with Crippen LogP contribution in [-0.2, 0) is 4.79 Å². The minimum absolute atomic E-state index is 0.0969. The lowest BCUT2D eigenvalue weighted by Gasteiger charge is -2.29. The first-order valence-electron chi connectivity index (χ1n) is 5.57. The zero-order valence-corrected chi connectivity index (χ0v) is 11.7. The summed E-state index contributed by atoms with van der Waals surface area (Å²) in [5.41, 5.74) is 1.91. The minimum Gasteiger partial charge on any atom is -0.480 e. The molecule has 1 fully saturated rings. The van der Waals surface area contributed by atoms with Crippen LogP contribution in [0.5, 0.6) is 0 Å². The zero-order chi connectivity index (χ0) is 13.3. The first-order chi connectivity index (χ1) is 8.52. The topological polar surface area (TPSA) is 70.5 Å². The van der Waals surface area contributed by atoms with Gasteiger partial charge in [0.1, 0.15) is 11.7 Å². The van der Waals surface area contributed by atoms with Crippen LogP contribution >= 0.6 is 23.1 Å². The predicted molar refractivity (Wildman–Crippen MR) is 70.8 cm³/mol. The molecule has 0 aliphatic carbocycles. The third-order valence-corrected chi connectivity index (χ3v) is 4.98. The van der Waals surface area contributed by atoms with E-state index in [1.54, 1.807) is 10.9 Å². The van der Waals surface area contributed by atoms with Gasteiger partial charge in [-0.2, -0.15) is 0 Å². The van der Waals surface area contributed by atoms with E-state index in [2.05, 4.69) is 4.98 Å². The molecule has 0 spiro atoms. The Bertz CT molecular complexity index is 447. The van der Waals surface area contributed by atoms with Crippen LogP contribution < -0.4 is 0 Å². The van der Waals surface area contributed by atoms with E-state index in [0.29, 0.717) is 11.4 Å². The molecule has 2 heterocycles. The van der Waals surface area contributed by atoms with Gasteiger partial charge in [0.25, 0.3) is 5.91 Å². The van der Waals surface area contributed by atoms with Crippen LogP contribution in [0.3, 0.4) is 0 Å². The highest BCUT2D eigenvalue weighted by Crippen LogP contribution is 2.35. The number of carbonyl (C=O) groups excluding carboxylic acids is 1. The standard InChI is InChI=1S/C11H14N2O3S2/c1-6(2)10-13(8(4-18-10)11(15)16)9(14)7-3-17-5-12-7/h3,5-6,8,10H,4H2,1-2H3,(H,15,16). The quantitative estimate of drug-likeness (QED) is 0.917. The van der Waals surface area contributed by atoms with Crippen molar-refractivity contribution in [1.82, 2.24) is 9.88 Å². The van der Waals surface area contributed by atoms with Crippen molar-refractivity contribution in [1.29, 1.82) is 0 Å². The average molecular weight is 286 g/mol. The highest BCUT2D eigenvalue weighted by atomic mass is 32.2. The summed E-state index contributed by atoms with van der Waals surface area (Å²) in [6, 6.07) is -0.753. The van der Waals surface area contributed by atoms with E-state index < -0.39 is 12.0 Å². The predicted octanol–water partition coefficient (Wildman–Crippen LogP) is 1.77. The number of nitrogens with zero attached hydrogens (tertiary/aromatic N) is 2. The van der Waals surface area contributed by atoms with Gasteiger partial charge in [0, 0.05) is 11.1 Å². The Kier molecular flexibility index (Phi) is 3.91. The normalized spacial score (nSPS) is 23.6. The van der Waals surface area contributed by atoms with Gasteiger partial charge in [-0.05, 0) is 5.92 Å². The largest absolute Gasteiger partial charge is 0.480 e. The summed E-state index contributed by atoms with van der Waals surface area (Å²) in [4.78, 5) is 29.0. The lowest BCUT2D eigenvalue weighted by Crippen LogP contribution is -2.47. The van der Waals surface area contributed by atoms with Crippen molar-refractivity contribution in [3.8, 4) is 0 Å². The Morgan fingerprint density at radius 2 is 2.28 bits per heavy atom. The molecule has 18 heavy (non-hydrogen) atoms. The summed E-state index contributed by atoms with van der Waals surface area (Å²) >= 11 is 2.85. The fraction of sp³-hybridized carbons (Fsp3) is 0.545. The van der Waals surface area contributed by atoms with Gasteiger partial charge in [-0.25, -0.2) is 9.78 Å². The number of aliphatic carboxylic acids is 1. The molecule has 1 N–H and O–H groups in total. The number of carboxylic acids is 1. The first kappa shape index (κ1) is 13.4. The number of aromatic nitrogens is 1. The third-order valence-electron chi connectivity index (χ3n) is 2.78. The maximum atomic E-state index is 12.3. The number of hydrogen-bond acceptors (Lipinski definition) is 5. The van der Waals surface area contributed by atoms with Crippen molar-refractivity contribution in [3.05, 3.63) is 16.6 Å². The molecule has 1 aromatic rings. The van der Waals surface area contributed by atoms with Gasteiger partial charge < -0.3 is 10.0 Å². The van der Waals surface area contributed by atoms with Crippen molar-refractivity contribution in [2.45, 2.75) is 25.3 Å². The van der Waals surface area contributed by atoms with Crippen LogP contribution in [0, 0.1) is 5.92 Å². The van der Waals surface area contributed by atoms with Gasteiger partial charge in [-0.1, -0.05) is 13.8 Å². The van der Waals surface area contributed by atoms with Crippen molar-refractivity contribution >= 4 is 35.0 Å². The number of hydrogen-bond donors (Lipinski definition) is 1. The van der Waals surface area contributed by atoms with Crippen LogP contribution in [0.25, 0.3) is 0 Å². The second-order valence-corrected chi connectivity index (χ2v) is 6.28. The first-order valence-corrected chi connectivity index (χ1v) is 7.56. The molecule has 1 amide bonds. The molecule has 98 valence electrons. The smallest absolute Gasteiger partial charge is 0.327 e. The number of carbonyl (C=O) groups is 2. The monoisotopic (exact) mass is 286 g/mol. The van der Waals surface area contributed by atoms with Gasteiger partial charge in [-0.3, -0.25) is 4.79 Å². The maximum Gasteiger partial charge on any atom is 0.327 e. The van der Waals surface area contributed by atoms with Crippen molar-refractivity contribution in [2.24, 2.45) is 5.92 Å². The fourth-order valence-corrected chi connectivity index (χ4v) is 3.94. The van der Waals surface area contributed by atoms with Crippen LogP contribution in [0.15, 0.2) is 10.9 Å². The van der Waals surface area contributed by atoms with Gasteiger partial charge in [0.15, 0.2) is 0 Å². The van der Waals surface area contributed by atoms with E-state index in [9.17, 15) is 14.7 Å². The molecule has 0 aromatic carbocycles. The molecule has 2 unspecified atom stereocenters. The highest BCUT2D eigenvalue weighted by molar-refractivity contribution is 8.00. The third kappa shape index (κ3) is 2.37. The second-order valence-electron chi connectivity index (χ2n) is 4.41. The number of thioether (sulfide) groups is 1. The number of carboxylic acid groups (broad SMARTS) is 1. The maximum absolute atomic E-state index is 12.3. The summed E-state index contributed by atoms with van der Waals surface area (Å²) in [6.07, 6.45) is 0.